The Balaban J connectivity index is 2.81. The van der Waals surface area contributed by atoms with Gasteiger partial charge in [0, 0.05) is 12.1 Å². The first-order chi connectivity index (χ1) is 9.49. The molecular weight excluding hydrogens is 267 g/mol. The first-order valence-electron chi connectivity index (χ1n) is 6.01. The molecule has 0 amide bonds. The highest BCUT2D eigenvalue weighted by Gasteiger charge is 2.37. The number of hydrogen-bond donors (Lipinski definition) is 1. The molecule has 106 valence electrons. The van der Waals surface area contributed by atoms with Crippen molar-refractivity contribution in [2.24, 2.45) is 5.73 Å². The number of halogens is 3. The number of hydrogen-bond acceptors (Lipinski definition) is 2. The maximum Gasteiger partial charge on any atom is 0.417 e. The quantitative estimate of drug-likeness (QED) is 0.927. The van der Waals surface area contributed by atoms with Crippen LogP contribution in [0.3, 0.4) is 0 Å². The molecular formula is C15H14F3NO. The Labute approximate surface area is 115 Å². The Bertz CT molecular complexity index is 594. The molecule has 0 heterocycles. The van der Waals surface area contributed by atoms with E-state index in [0.717, 1.165) is 0 Å². The lowest BCUT2D eigenvalue weighted by Gasteiger charge is -2.19. The molecule has 2 aromatic carbocycles. The molecule has 0 aromatic heterocycles. The fraction of sp³-hybridized carbons (Fsp3) is 0.200. The lowest BCUT2D eigenvalue weighted by Crippen LogP contribution is -2.14. The van der Waals surface area contributed by atoms with E-state index in [-0.39, 0.29) is 23.4 Å². The molecule has 0 radical (unpaired) electrons. The van der Waals surface area contributed by atoms with Crippen LogP contribution in [0.25, 0.3) is 11.1 Å². The average molecular weight is 281 g/mol. The summed E-state index contributed by atoms with van der Waals surface area (Å²) >= 11 is 0. The smallest absolute Gasteiger partial charge is 0.417 e. The second kappa shape index (κ2) is 5.54. The molecule has 2 N–H and O–H groups in total. The predicted octanol–water partition coefficient (Wildman–Crippen LogP) is 3.84. The van der Waals surface area contributed by atoms with Crippen LogP contribution in [0.1, 0.15) is 11.1 Å². The summed E-state index contributed by atoms with van der Waals surface area (Å²) < 4.78 is 45.3. The van der Waals surface area contributed by atoms with Crippen LogP contribution in [0, 0.1) is 0 Å². The van der Waals surface area contributed by atoms with Crippen LogP contribution in [0.2, 0.25) is 0 Å². The minimum absolute atomic E-state index is 0.0311. The fourth-order valence-electron chi connectivity index (χ4n) is 2.18. The lowest BCUT2D eigenvalue weighted by atomic mass is 9.94. The van der Waals surface area contributed by atoms with E-state index in [4.69, 9.17) is 10.5 Å². The highest BCUT2D eigenvalue weighted by molar-refractivity contribution is 5.76. The summed E-state index contributed by atoms with van der Waals surface area (Å²) in [6.45, 7) is -0.182. The average Bonchev–Trinajstić information content (AvgIpc) is 2.45. The number of nitrogens with two attached hydrogens (primary N) is 1. The summed E-state index contributed by atoms with van der Waals surface area (Å²) in [6, 6.07) is 11.2. The molecule has 0 aliphatic carbocycles. The normalized spacial score (nSPS) is 11.4. The van der Waals surface area contributed by atoms with Crippen LogP contribution in [-0.2, 0) is 12.7 Å². The number of ether oxygens (including phenoxy) is 1. The highest BCUT2D eigenvalue weighted by atomic mass is 19.4. The van der Waals surface area contributed by atoms with Crippen molar-refractivity contribution in [2.75, 3.05) is 7.11 Å². The monoisotopic (exact) mass is 281 g/mol. The largest absolute Gasteiger partial charge is 0.496 e. The zero-order valence-corrected chi connectivity index (χ0v) is 10.9. The van der Waals surface area contributed by atoms with E-state index in [9.17, 15) is 13.2 Å². The molecule has 0 atom stereocenters. The van der Waals surface area contributed by atoms with Crippen molar-refractivity contribution in [3.05, 3.63) is 53.6 Å². The molecule has 0 spiro atoms. The van der Waals surface area contributed by atoms with Gasteiger partial charge >= 0.3 is 6.18 Å². The Morgan fingerprint density at radius 2 is 1.70 bits per heavy atom. The van der Waals surface area contributed by atoms with Gasteiger partial charge in [-0.3, -0.25) is 0 Å². The molecule has 0 aliphatic heterocycles. The fourth-order valence-corrected chi connectivity index (χ4v) is 2.18. The molecule has 2 nitrogen and oxygen atoms in total. The molecule has 0 fully saturated rings. The van der Waals surface area contributed by atoms with E-state index in [1.54, 1.807) is 30.3 Å². The molecule has 0 saturated heterocycles. The van der Waals surface area contributed by atoms with Crippen molar-refractivity contribution in [3.63, 3.8) is 0 Å². The van der Waals surface area contributed by atoms with Crippen LogP contribution < -0.4 is 10.5 Å². The van der Waals surface area contributed by atoms with Gasteiger partial charge < -0.3 is 10.5 Å². The van der Waals surface area contributed by atoms with Gasteiger partial charge in [0.05, 0.1) is 12.7 Å². The van der Waals surface area contributed by atoms with Gasteiger partial charge in [0.2, 0.25) is 0 Å². The number of alkyl halides is 3. The van der Waals surface area contributed by atoms with Gasteiger partial charge in [-0.1, -0.05) is 36.4 Å². The second-order valence-corrected chi connectivity index (χ2v) is 4.24. The summed E-state index contributed by atoms with van der Waals surface area (Å²) in [5.41, 5.74) is 5.25. The molecule has 2 rings (SSSR count). The minimum Gasteiger partial charge on any atom is -0.496 e. The SMILES string of the molecule is COc1ccc(CN)c(C(F)(F)F)c1-c1ccccc1. The van der Waals surface area contributed by atoms with Gasteiger partial charge in [-0.05, 0) is 17.2 Å². The summed E-state index contributed by atoms with van der Waals surface area (Å²) in [7, 11) is 1.35. The third kappa shape index (κ3) is 2.63. The molecule has 0 bridgehead atoms. The van der Waals surface area contributed by atoms with E-state index < -0.39 is 11.7 Å². The van der Waals surface area contributed by atoms with Gasteiger partial charge in [-0.25, -0.2) is 0 Å². The third-order valence-corrected chi connectivity index (χ3v) is 3.04. The first-order valence-corrected chi connectivity index (χ1v) is 6.01. The Morgan fingerprint density at radius 1 is 1.05 bits per heavy atom. The minimum atomic E-state index is -4.49. The molecule has 0 saturated carbocycles. The Kier molecular flexibility index (Phi) is 3.99. The molecule has 20 heavy (non-hydrogen) atoms. The van der Waals surface area contributed by atoms with Crippen molar-refractivity contribution < 1.29 is 17.9 Å². The standard InChI is InChI=1S/C15H14F3NO/c1-20-12-8-7-11(9-19)14(15(16,17)18)13(12)10-5-3-2-4-6-10/h2-8H,9,19H2,1H3. The van der Waals surface area contributed by atoms with Gasteiger partial charge in [0.25, 0.3) is 0 Å². The maximum atomic E-state index is 13.4. The number of methoxy groups -OCH3 is 1. The van der Waals surface area contributed by atoms with E-state index in [2.05, 4.69) is 0 Å². The van der Waals surface area contributed by atoms with Crippen LogP contribution in [0.4, 0.5) is 13.2 Å². The lowest BCUT2D eigenvalue weighted by molar-refractivity contribution is -0.137. The van der Waals surface area contributed by atoms with Crippen molar-refractivity contribution in [1.29, 1.82) is 0 Å². The van der Waals surface area contributed by atoms with E-state index in [1.807, 2.05) is 0 Å². The van der Waals surface area contributed by atoms with E-state index in [0.29, 0.717) is 5.56 Å². The Hall–Kier alpha value is -2.01. The molecule has 2 aromatic rings. The molecule has 5 heteroatoms. The summed E-state index contributed by atoms with van der Waals surface area (Å²) in [6.07, 6.45) is -4.49. The molecule has 0 unspecified atom stereocenters. The summed E-state index contributed by atoms with van der Waals surface area (Å²) in [4.78, 5) is 0. The zero-order valence-electron chi connectivity index (χ0n) is 10.9. The summed E-state index contributed by atoms with van der Waals surface area (Å²) in [5, 5.41) is 0. The van der Waals surface area contributed by atoms with Crippen molar-refractivity contribution >= 4 is 0 Å². The predicted molar refractivity (Wildman–Crippen MR) is 71.3 cm³/mol. The van der Waals surface area contributed by atoms with Crippen molar-refractivity contribution in [1.82, 2.24) is 0 Å². The highest BCUT2D eigenvalue weighted by Crippen LogP contribution is 2.44. The number of rotatable bonds is 3. The second-order valence-electron chi connectivity index (χ2n) is 4.24. The third-order valence-electron chi connectivity index (χ3n) is 3.04. The van der Waals surface area contributed by atoms with Crippen LogP contribution >= 0.6 is 0 Å². The van der Waals surface area contributed by atoms with Crippen LogP contribution in [-0.4, -0.2) is 7.11 Å². The molecule has 0 aliphatic rings. The van der Waals surface area contributed by atoms with Gasteiger partial charge in [0.15, 0.2) is 0 Å². The van der Waals surface area contributed by atoms with E-state index in [1.165, 1.54) is 19.2 Å². The number of benzene rings is 2. The van der Waals surface area contributed by atoms with Gasteiger partial charge in [0.1, 0.15) is 5.75 Å². The van der Waals surface area contributed by atoms with Crippen molar-refractivity contribution in [2.45, 2.75) is 12.7 Å². The van der Waals surface area contributed by atoms with Crippen LogP contribution in [0.5, 0.6) is 5.75 Å². The van der Waals surface area contributed by atoms with Gasteiger partial charge in [-0.15, -0.1) is 0 Å². The zero-order chi connectivity index (χ0) is 14.8. The van der Waals surface area contributed by atoms with Crippen molar-refractivity contribution in [3.8, 4) is 16.9 Å². The van der Waals surface area contributed by atoms with Gasteiger partial charge in [-0.2, -0.15) is 13.2 Å². The summed E-state index contributed by atoms with van der Waals surface area (Å²) in [5.74, 6) is 0.181. The Morgan fingerprint density at radius 3 is 2.20 bits per heavy atom. The van der Waals surface area contributed by atoms with E-state index >= 15 is 0 Å². The topological polar surface area (TPSA) is 35.2 Å². The maximum absolute atomic E-state index is 13.4. The first kappa shape index (κ1) is 14.4. The van der Waals surface area contributed by atoms with Crippen LogP contribution in [0.15, 0.2) is 42.5 Å².